The lowest BCUT2D eigenvalue weighted by molar-refractivity contribution is 0.394. The second-order valence-corrected chi connectivity index (χ2v) is 2.88. The summed E-state index contributed by atoms with van der Waals surface area (Å²) in [5.41, 5.74) is 0.997. The molecule has 1 rings (SSSR count). The smallest absolute Gasteiger partial charge is 0.218 e. The predicted molar refractivity (Wildman–Crippen MR) is 48.4 cm³/mol. The minimum Gasteiger partial charge on any atom is -0.481 e. The second-order valence-electron chi connectivity index (χ2n) is 1.94. The Balaban J connectivity index is 3.06. The maximum absolute atomic E-state index is 5.65. The molecule has 0 aromatic carbocycles. The first kappa shape index (κ1) is 8.81. The van der Waals surface area contributed by atoms with Crippen LogP contribution in [-0.4, -0.2) is 12.1 Å². The molecule has 0 atom stereocenters. The molecular weight excluding hydrogens is 229 g/mol. The number of hydrogen-bond acceptors (Lipinski definition) is 2. The minimum atomic E-state index is 0.451. The van der Waals surface area contributed by atoms with Gasteiger partial charge in [0.25, 0.3) is 0 Å². The van der Waals surface area contributed by atoms with E-state index in [1.165, 1.54) is 0 Å². The molecule has 4 heteroatoms. The van der Waals surface area contributed by atoms with Gasteiger partial charge in [-0.25, -0.2) is 4.98 Å². The Morgan fingerprint density at radius 2 is 2.36 bits per heavy atom. The van der Waals surface area contributed by atoms with Crippen molar-refractivity contribution < 1.29 is 4.74 Å². The molecule has 0 spiro atoms. The van der Waals surface area contributed by atoms with Crippen LogP contribution in [-0.2, 0) is 5.33 Å². The summed E-state index contributed by atoms with van der Waals surface area (Å²) in [6.07, 6.45) is 0. The molecule has 1 aromatic rings. The Bertz CT molecular complexity index is 254. The predicted octanol–water partition coefficient (Wildman–Crippen LogP) is 2.64. The molecule has 0 N–H and O–H groups in total. The van der Waals surface area contributed by atoms with Gasteiger partial charge in [-0.15, -0.1) is 0 Å². The molecule has 60 valence electrons. The molecule has 11 heavy (non-hydrogen) atoms. The second kappa shape index (κ2) is 3.93. The number of nitrogens with zero attached hydrogens (tertiary/aromatic N) is 1. The van der Waals surface area contributed by atoms with Crippen LogP contribution < -0.4 is 4.74 Å². The van der Waals surface area contributed by atoms with Crippen LogP contribution in [0, 0.1) is 0 Å². The van der Waals surface area contributed by atoms with Gasteiger partial charge >= 0.3 is 0 Å². The highest BCUT2D eigenvalue weighted by atomic mass is 79.9. The van der Waals surface area contributed by atoms with E-state index in [4.69, 9.17) is 16.3 Å². The van der Waals surface area contributed by atoms with Crippen molar-refractivity contribution >= 4 is 27.5 Å². The van der Waals surface area contributed by atoms with E-state index in [0.717, 1.165) is 10.9 Å². The summed E-state index contributed by atoms with van der Waals surface area (Å²) >= 11 is 8.96. The summed E-state index contributed by atoms with van der Waals surface area (Å²) in [6.45, 7) is 0. The molecule has 1 heterocycles. The summed E-state index contributed by atoms with van der Waals surface area (Å²) in [5, 5.41) is 1.17. The lowest BCUT2D eigenvalue weighted by Gasteiger charge is -2.03. The fourth-order valence-electron chi connectivity index (χ4n) is 0.725. The van der Waals surface area contributed by atoms with Gasteiger partial charge in [0.05, 0.1) is 7.11 Å². The van der Waals surface area contributed by atoms with Gasteiger partial charge in [0.2, 0.25) is 5.88 Å². The highest BCUT2D eigenvalue weighted by Crippen LogP contribution is 2.20. The molecular formula is C7H7BrClNO. The van der Waals surface area contributed by atoms with E-state index >= 15 is 0 Å². The summed E-state index contributed by atoms with van der Waals surface area (Å²) in [4.78, 5) is 3.98. The number of pyridine rings is 1. The van der Waals surface area contributed by atoms with Crippen LogP contribution in [0.5, 0.6) is 5.88 Å². The van der Waals surface area contributed by atoms with Crippen molar-refractivity contribution in [2.45, 2.75) is 5.33 Å². The van der Waals surface area contributed by atoms with Crippen LogP contribution >= 0.6 is 27.5 Å². The van der Waals surface area contributed by atoms with Gasteiger partial charge in [-0.1, -0.05) is 27.5 Å². The molecule has 0 aliphatic carbocycles. The fraction of sp³-hybridized carbons (Fsp3) is 0.286. The summed E-state index contributed by atoms with van der Waals surface area (Å²) in [5.74, 6) is 0.578. The first-order chi connectivity index (χ1) is 5.27. The monoisotopic (exact) mass is 235 g/mol. The average molecular weight is 236 g/mol. The number of rotatable bonds is 2. The molecule has 0 aliphatic heterocycles. The van der Waals surface area contributed by atoms with Crippen molar-refractivity contribution in [3.8, 4) is 5.88 Å². The van der Waals surface area contributed by atoms with E-state index < -0.39 is 0 Å². The number of methoxy groups -OCH3 is 1. The van der Waals surface area contributed by atoms with Crippen LogP contribution in [0.15, 0.2) is 12.1 Å². The third-order valence-electron chi connectivity index (χ3n) is 1.24. The Morgan fingerprint density at radius 1 is 1.64 bits per heavy atom. The quantitative estimate of drug-likeness (QED) is 0.582. The van der Waals surface area contributed by atoms with Crippen molar-refractivity contribution in [1.29, 1.82) is 0 Å². The molecule has 0 radical (unpaired) electrons. The molecule has 2 nitrogen and oxygen atoms in total. The van der Waals surface area contributed by atoms with Crippen LogP contribution in [0.4, 0.5) is 0 Å². The average Bonchev–Trinajstić information content (AvgIpc) is 2.04. The van der Waals surface area contributed by atoms with E-state index in [9.17, 15) is 0 Å². The Labute approximate surface area is 78.7 Å². The van der Waals surface area contributed by atoms with E-state index in [-0.39, 0.29) is 0 Å². The highest BCUT2D eigenvalue weighted by Gasteiger charge is 2.02. The van der Waals surface area contributed by atoms with Gasteiger partial charge in [0.15, 0.2) is 0 Å². The highest BCUT2D eigenvalue weighted by molar-refractivity contribution is 9.08. The normalized spacial score (nSPS) is 9.73. The summed E-state index contributed by atoms with van der Waals surface area (Å²) < 4.78 is 4.99. The molecule has 1 aromatic heterocycles. The number of aromatic nitrogens is 1. The van der Waals surface area contributed by atoms with E-state index in [0.29, 0.717) is 11.0 Å². The third kappa shape index (κ3) is 2.07. The van der Waals surface area contributed by atoms with Gasteiger partial charge < -0.3 is 4.74 Å². The SMILES string of the molecule is COc1nc(Cl)ccc1CBr. The first-order valence-corrected chi connectivity index (χ1v) is 4.53. The Hall–Kier alpha value is -0.280. The topological polar surface area (TPSA) is 22.1 Å². The standard InChI is InChI=1S/C7H7BrClNO/c1-11-7-5(4-8)2-3-6(9)10-7/h2-3H,4H2,1H3. The molecule has 0 bridgehead atoms. The Kier molecular flexibility index (Phi) is 3.15. The zero-order chi connectivity index (χ0) is 8.27. The van der Waals surface area contributed by atoms with E-state index in [1.807, 2.05) is 6.07 Å². The molecule has 0 aliphatic rings. The number of halogens is 2. The van der Waals surface area contributed by atoms with Gasteiger partial charge in [-0.3, -0.25) is 0 Å². The molecule has 0 saturated heterocycles. The lowest BCUT2D eigenvalue weighted by atomic mass is 10.3. The van der Waals surface area contributed by atoms with Crippen molar-refractivity contribution in [3.63, 3.8) is 0 Å². The van der Waals surface area contributed by atoms with Gasteiger partial charge in [-0.2, -0.15) is 0 Å². The molecule has 0 unspecified atom stereocenters. The molecule has 0 saturated carbocycles. The van der Waals surface area contributed by atoms with Crippen LogP contribution in [0.2, 0.25) is 5.15 Å². The third-order valence-corrected chi connectivity index (χ3v) is 2.06. The largest absolute Gasteiger partial charge is 0.481 e. The number of alkyl halides is 1. The van der Waals surface area contributed by atoms with Crippen molar-refractivity contribution in [3.05, 3.63) is 22.8 Å². The van der Waals surface area contributed by atoms with Gasteiger partial charge in [-0.05, 0) is 12.1 Å². The van der Waals surface area contributed by atoms with Crippen LogP contribution in [0.1, 0.15) is 5.56 Å². The Morgan fingerprint density at radius 3 is 2.91 bits per heavy atom. The van der Waals surface area contributed by atoms with Crippen LogP contribution in [0.3, 0.4) is 0 Å². The molecule has 0 amide bonds. The van der Waals surface area contributed by atoms with Crippen molar-refractivity contribution in [2.24, 2.45) is 0 Å². The van der Waals surface area contributed by atoms with E-state index in [2.05, 4.69) is 20.9 Å². The fourth-order valence-corrected chi connectivity index (χ4v) is 1.29. The number of ether oxygens (including phenoxy) is 1. The zero-order valence-electron chi connectivity index (χ0n) is 5.97. The van der Waals surface area contributed by atoms with Gasteiger partial charge in [0.1, 0.15) is 5.15 Å². The van der Waals surface area contributed by atoms with Crippen molar-refractivity contribution in [2.75, 3.05) is 7.11 Å². The summed E-state index contributed by atoms with van der Waals surface area (Å²) in [6, 6.07) is 3.61. The maximum atomic E-state index is 5.65. The van der Waals surface area contributed by atoms with Crippen molar-refractivity contribution in [1.82, 2.24) is 4.98 Å². The first-order valence-electron chi connectivity index (χ1n) is 3.03. The zero-order valence-corrected chi connectivity index (χ0v) is 8.32. The van der Waals surface area contributed by atoms with Crippen LogP contribution in [0.25, 0.3) is 0 Å². The van der Waals surface area contributed by atoms with E-state index in [1.54, 1.807) is 13.2 Å². The lowest BCUT2D eigenvalue weighted by Crippen LogP contribution is -1.92. The van der Waals surface area contributed by atoms with Gasteiger partial charge in [0, 0.05) is 10.9 Å². The molecule has 0 fully saturated rings. The summed E-state index contributed by atoms with van der Waals surface area (Å²) in [7, 11) is 1.57. The minimum absolute atomic E-state index is 0.451. The number of hydrogen-bond donors (Lipinski definition) is 0. The maximum Gasteiger partial charge on any atom is 0.218 e.